The average Bonchev–Trinajstić information content (AvgIpc) is 2.89. The minimum absolute atomic E-state index is 0.0527. The minimum Gasteiger partial charge on any atom is -0.478 e. The Morgan fingerprint density at radius 2 is 2.00 bits per heavy atom. The van der Waals surface area contributed by atoms with Crippen molar-refractivity contribution in [3.63, 3.8) is 0 Å². The third kappa shape index (κ3) is 2.51. The van der Waals surface area contributed by atoms with Crippen LogP contribution >= 0.6 is 0 Å². The molecule has 0 aliphatic rings. The van der Waals surface area contributed by atoms with Gasteiger partial charge in [-0.3, -0.25) is 4.79 Å². The highest BCUT2D eigenvalue weighted by atomic mass is 16.5. The quantitative estimate of drug-likeness (QED) is 0.823. The van der Waals surface area contributed by atoms with Crippen molar-refractivity contribution in [2.45, 2.75) is 6.54 Å². The maximum absolute atomic E-state index is 11.8. The summed E-state index contributed by atoms with van der Waals surface area (Å²) in [5.74, 6) is -1.34. The number of aromatic carboxylic acids is 1. The highest BCUT2D eigenvalue weighted by molar-refractivity contribution is 6.04. The zero-order valence-corrected chi connectivity index (χ0v) is 9.16. The predicted octanol–water partition coefficient (Wildman–Crippen LogP) is 0.698. The zero-order valence-electron chi connectivity index (χ0n) is 9.16. The van der Waals surface area contributed by atoms with Crippen molar-refractivity contribution >= 4 is 11.9 Å². The standard InChI is InChI=1S/C11H9N3O4/c15-10(12-5-9-13-6-18-14-9)7-3-1-2-4-8(7)11(16)17/h1-4,6H,5H2,(H,12,15)(H,16,17). The first kappa shape index (κ1) is 11.8. The molecule has 1 heterocycles. The van der Waals surface area contributed by atoms with Crippen LogP contribution in [0.1, 0.15) is 26.5 Å². The molecule has 0 fully saturated rings. The summed E-state index contributed by atoms with van der Waals surface area (Å²) in [6.07, 6.45) is 1.15. The van der Waals surface area contributed by atoms with Crippen molar-refractivity contribution in [1.29, 1.82) is 0 Å². The van der Waals surface area contributed by atoms with Crippen LogP contribution in [0, 0.1) is 0 Å². The van der Waals surface area contributed by atoms with Crippen molar-refractivity contribution < 1.29 is 19.2 Å². The summed E-state index contributed by atoms with van der Waals surface area (Å²) in [6, 6.07) is 5.95. The third-order valence-corrected chi connectivity index (χ3v) is 2.22. The van der Waals surface area contributed by atoms with Gasteiger partial charge in [-0.2, -0.15) is 4.98 Å². The molecular weight excluding hydrogens is 238 g/mol. The van der Waals surface area contributed by atoms with E-state index in [0.717, 1.165) is 6.39 Å². The number of nitrogens with one attached hydrogen (secondary N) is 1. The molecule has 7 heteroatoms. The number of rotatable bonds is 4. The van der Waals surface area contributed by atoms with Crippen LogP contribution in [0.4, 0.5) is 0 Å². The highest BCUT2D eigenvalue weighted by Gasteiger charge is 2.15. The van der Waals surface area contributed by atoms with Gasteiger partial charge in [0.25, 0.3) is 5.91 Å². The molecule has 0 saturated heterocycles. The smallest absolute Gasteiger partial charge is 0.336 e. The molecular formula is C11H9N3O4. The van der Waals surface area contributed by atoms with E-state index in [0.29, 0.717) is 5.82 Å². The lowest BCUT2D eigenvalue weighted by atomic mass is 10.1. The van der Waals surface area contributed by atoms with Gasteiger partial charge in [0, 0.05) is 0 Å². The molecule has 0 bridgehead atoms. The average molecular weight is 247 g/mol. The topological polar surface area (TPSA) is 105 Å². The number of hydrogen-bond acceptors (Lipinski definition) is 5. The molecule has 2 rings (SSSR count). The molecule has 0 unspecified atom stereocenters. The molecule has 0 spiro atoms. The largest absolute Gasteiger partial charge is 0.478 e. The van der Waals surface area contributed by atoms with E-state index in [1.807, 2.05) is 0 Å². The molecule has 0 saturated carbocycles. The van der Waals surface area contributed by atoms with Crippen LogP contribution in [-0.4, -0.2) is 27.1 Å². The van der Waals surface area contributed by atoms with E-state index < -0.39 is 11.9 Å². The Balaban J connectivity index is 2.11. The summed E-state index contributed by atoms with van der Waals surface area (Å²) in [5, 5.41) is 15.0. The van der Waals surface area contributed by atoms with Crippen LogP contribution in [-0.2, 0) is 6.54 Å². The van der Waals surface area contributed by atoms with E-state index >= 15 is 0 Å². The molecule has 0 atom stereocenters. The Hall–Kier alpha value is -2.70. The van der Waals surface area contributed by atoms with Crippen LogP contribution in [0.15, 0.2) is 35.2 Å². The molecule has 1 amide bonds. The van der Waals surface area contributed by atoms with Crippen molar-refractivity contribution in [2.24, 2.45) is 0 Å². The summed E-state index contributed by atoms with van der Waals surface area (Å²) in [7, 11) is 0. The van der Waals surface area contributed by atoms with Gasteiger partial charge in [-0.1, -0.05) is 17.3 Å². The summed E-state index contributed by atoms with van der Waals surface area (Å²) in [6.45, 7) is 0.0727. The number of carboxylic acids is 1. The monoisotopic (exact) mass is 247 g/mol. The molecule has 0 aliphatic carbocycles. The summed E-state index contributed by atoms with van der Waals surface area (Å²) in [5.41, 5.74) is 0.0385. The molecule has 2 aromatic rings. The maximum Gasteiger partial charge on any atom is 0.336 e. The second-order valence-corrected chi connectivity index (χ2v) is 3.38. The van der Waals surface area contributed by atoms with Gasteiger partial charge in [0.1, 0.15) is 0 Å². The lowest BCUT2D eigenvalue weighted by Gasteiger charge is -2.05. The second-order valence-electron chi connectivity index (χ2n) is 3.38. The van der Waals surface area contributed by atoms with E-state index in [1.54, 1.807) is 12.1 Å². The van der Waals surface area contributed by atoms with Gasteiger partial charge in [-0.15, -0.1) is 0 Å². The van der Waals surface area contributed by atoms with Crippen molar-refractivity contribution in [2.75, 3.05) is 0 Å². The van der Waals surface area contributed by atoms with Crippen molar-refractivity contribution in [1.82, 2.24) is 15.5 Å². The van der Waals surface area contributed by atoms with Crippen molar-refractivity contribution in [3.8, 4) is 0 Å². The highest BCUT2D eigenvalue weighted by Crippen LogP contribution is 2.08. The van der Waals surface area contributed by atoms with Crippen LogP contribution in [0.5, 0.6) is 0 Å². The maximum atomic E-state index is 11.8. The molecule has 0 aliphatic heterocycles. The van der Waals surface area contributed by atoms with Gasteiger partial charge in [-0.25, -0.2) is 4.79 Å². The number of benzene rings is 1. The van der Waals surface area contributed by atoms with Gasteiger partial charge in [0.2, 0.25) is 6.39 Å². The van der Waals surface area contributed by atoms with Gasteiger partial charge in [0.05, 0.1) is 17.7 Å². The van der Waals surface area contributed by atoms with E-state index in [4.69, 9.17) is 5.11 Å². The van der Waals surface area contributed by atoms with E-state index in [9.17, 15) is 9.59 Å². The molecule has 1 aromatic heterocycles. The SMILES string of the molecule is O=C(O)c1ccccc1C(=O)NCc1ncon1. The van der Waals surface area contributed by atoms with Gasteiger partial charge in [0.15, 0.2) is 5.82 Å². The van der Waals surface area contributed by atoms with E-state index in [1.165, 1.54) is 12.1 Å². The van der Waals surface area contributed by atoms with Gasteiger partial charge >= 0.3 is 5.97 Å². The zero-order chi connectivity index (χ0) is 13.0. The minimum atomic E-state index is -1.15. The number of amides is 1. The number of aromatic nitrogens is 2. The predicted molar refractivity (Wildman–Crippen MR) is 58.9 cm³/mol. The molecule has 7 nitrogen and oxygen atoms in total. The first-order valence-electron chi connectivity index (χ1n) is 5.04. The summed E-state index contributed by atoms with van der Waals surface area (Å²) >= 11 is 0. The molecule has 2 N–H and O–H groups in total. The van der Waals surface area contributed by atoms with Gasteiger partial charge in [-0.05, 0) is 12.1 Å². The van der Waals surface area contributed by atoms with Crippen LogP contribution in [0.3, 0.4) is 0 Å². The number of nitrogens with zero attached hydrogens (tertiary/aromatic N) is 2. The fourth-order valence-electron chi connectivity index (χ4n) is 1.39. The van der Waals surface area contributed by atoms with E-state index in [2.05, 4.69) is 20.0 Å². The number of hydrogen-bond donors (Lipinski definition) is 2. The molecule has 1 aromatic carbocycles. The molecule has 92 valence electrons. The molecule has 0 radical (unpaired) electrons. The Morgan fingerprint density at radius 1 is 1.28 bits per heavy atom. The second kappa shape index (κ2) is 5.09. The van der Waals surface area contributed by atoms with Crippen LogP contribution < -0.4 is 5.32 Å². The lowest BCUT2D eigenvalue weighted by molar-refractivity contribution is 0.0691. The number of carbonyl (C=O) groups excluding carboxylic acids is 1. The Labute approximate surface area is 101 Å². The van der Waals surface area contributed by atoms with Crippen LogP contribution in [0.2, 0.25) is 0 Å². The van der Waals surface area contributed by atoms with Gasteiger partial charge < -0.3 is 14.9 Å². The Morgan fingerprint density at radius 3 is 2.61 bits per heavy atom. The summed E-state index contributed by atoms with van der Waals surface area (Å²) < 4.78 is 4.51. The fourth-order valence-corrected chi connectivity index (χ4v) is 1.39. The first-order valence-corrected chi connectivity index (χ1v) is 5.04. The third-order valence-electron chi connectivity index (χ3n) is 2.22. The van der Waals surface area contributed by atoms with Crippen molar-refractivity contribution in [3.05, 3.63) is 47.6 Å². The fraction of sp³-hybridized carbons (Fsp3) is 0.0909. The number of carbonyl (C=O) groups is 2. The normalized spacial score (nSPS) is 10.0. The first-order chi connectivity index (χ1) is 8.68. The lowest BCUT2D eigenvalue weighted by Crippen LogP contribution is -2.25. The Kier molecular flexibility index (Phi) is 3.33. The van der Waals surface area contributed by atoms with E-state index in [-0.39, 0.29) is 17.7 Å². The number of carboxylic acid groups (broad SMARTS) is 1. The van der Waals surface area contributed by atoms with Crippen LogP contribution in [0.25, 0.3) is 0 Å². The molecule has 18 heavy (non-hydrogen) atoms. The Bertz CT molecular complexity index is 565. The summed E-state index contributed by atoms with van der Waals surface area (Å²) in [4.78, 5) is 26.5.